The van der Waals surface area contributed by atoms with E-state index in [0.29, 0.717) is 5.91 Å². The van der Waals surface area contributed by atoms with Crippen LogP contribution in [0.3, 0.4) is 0 Å². The Balaban J connectivity index is 1.54. The number of aromatic nitrogens is 2. The van der Waals surface area contributed by atoms with Crippen molar-refractivity contribution in [2.75, 3.05) is 33.2 Å². The standard InChI is InChI=1S/C21H32N4O2/c1-20(2,3)19-22-16-15(17(26)23-19)5-7-21(16)8-11-25(12-9-21)18(27)14-6-10-24(4)13-14/h14H,5-13H2,1-4H3,(H,22,23,26). The average molecular weight is 373 g/mol. The van der Waals surface area contributed by atoms with E-state index in [9.17, 15) is 9.59 Å². The van der Waals surface area contributed by atoms with Gasteiger partial charge in [0.2, 0.25) is 5.91 Å². The third-order valence-electron chi connectivity index (χ3n) is 6.85. The molecule has 27 heavy (non-hydrogen) atoms. The summed E-state index contributed by atoms with van der Waals surface area (Å²) in [5, 5.41) is 0. The van der Waals surface area contributed by atoms with Crippen LogP contribution in [0.5, 0.6) is 0 Å². The Morgan fingerprint density at radius 1 is 1.19 bits per heavy atom. The van der Waals surface area contributed by atoms with Gasteiger partial charge in [0.1, 0.15) is 5.82 Å². The molecular formula is C21H32N4O2. The predicted molar refractivity (Wildman–Crippen MR) is 105 cm³/mol. The summed E-state index contributed by atoms with van der Waals surface area (Å²) in [5.74, 6) is 1.26. The van der Waals surface area contributed by atoms with E-state index >= 15 is 0 Å². The first-order valence-electron chi connectivity index (χ1n) is 10.3. The molecule has 1 aliphatic carbocycles. The zero-order valence-electron chi connectivity index (χ0n) is 17.1. The summed E-state index contributed by atoms with van der Waals surface area (Å²) in [6, 6.07) is 0. The summed E-state index contributed by atoms with van der Waals surface area (Å²) in [5.41, 5.74) is 1.73. The predicted octanol–water partition coefficient (Wildman–Crippen LogP) is 1.83. The van der Waals surface area contributed by atoms with Gasteiger partial charge in [0.05, 0.1) is 11.6 Å². The third-order valence-corrected chi connectivity index (χ3v) is 6.85. The number of aromatic amines is 1. The number of hydrogen-bond acceptors (Lipinski definition) is 4. The van der Waals surface area contributed by atoms with E-state index in [0.717, 1.165) is 75.4 Å². The van der Waals surface area contributed by atoms with Crippen molar-refractivity contribution in [3.05, 3.63) is 27.4 Å². The highest BCUT2D eigenvalue weighted by Gasteiger charge is 2.45. The van der Waals surface area contributed by atoms with Gasteiger partial charge in [0.15, 0.2) is 0 Å². The molecule has 1 amide bonds. The van der Waals surface area contributed by atoms with E-state index in [1.54, 1.807) is 0 Å². The Morgan fingerprint density at radius 3 is 2.48 bits per heavy atom. The highest BCUT2D eigenvalue weighted by Crippen LogP contribution is 2.44. The molecule has 1 aromatic heterocycles. The summed E-state index contributed by atoms with van der Waals surface area (Å²) in [4.78, 5) is 37.7. The lowest BCUT2D eigenvalue weighted by atomic mass is 9.75. The van der Waals surface area contributed by atoms with Crippen molar-refractivity contribution < 1.29 is 4.79 Å². The Morgan fingerprint density at radius 2 is 1.89 bits per heavy atom. The minimum absolute atomic E-state index is 0.0210. The number of H-pyrrole nitrogens is 1. The summed E-state index contributed by atoms with van der Waals surface area (Å²) in [6.45, 7) is 9.73. The summed E-state index contributed by atoms with van der Waals surface area (Å²) in [6.07, 6.45) is 4.62. The fourth-order valence-electron chi connectivity index (χ4n) is 5.04. The minimum atomic E-state index is -0.177. The van der Waals surface area contributed by atoms with Crippen LogP contribution < -0.4 is 5.56 Å². The number of amides is 1. The lowest BCUT2D eigenvalue weighted by Gasteiger charge is -2.40. The molecular weight excluding hydrogens is 340 g/mol. The Hall–Kier alpha value is -1.69. The van der Waals surface area contributed by atoms with Gasteiger partial charge in [0.25, 0.3) is 5.56 Å². The van der Waals surface area contributed by atoms with Gasteiger partial charge >= 0.3 is 0 Å². The summed E-state index contributed by atoms with van der Waals surface area (Å²) < 4.78 is 0. The molecule has 6 heteroatoms. The second kappa shape index (κ2) is 6.43. The monoisotopic (exact) mass is 372 g/mol. The number of fused-ring (bicyclic) bond motifs is 2. The maximum atomic E-state index is 12.9. The molecule has 1 N–H and O–H groups in total. The van der Waals surface area contributed by atoms with E-state index in [1.807, 2.05) is 0 Å². The van der Waals surface area contributed by atoms with Crippen LogP contribution in [0, 0.1) is 5.92 Å². The van der Waals surface area contributed by atoms with Crippen LogP contribution in [-0.2, 0) is 22.0 Å². The smallest absolute Gasteiger partial charge is 0.254 e. The number of carbonyl (C=O) groups excluding carboxylic acids is 1. The fraction of sp³-hybridized carbons (Fsp3) is 0.762. The lowest BCUT2D eigenvalue weighted by Crippen LogP contribution is -2.47. The lowest BCUT2D eigenvalue weighted by molar-refractivity contribution is -0.136. The molecule has 1 spiro atoms. The molecule has 4 rings (SSSR count). The number of carbonyl (C=O) groups is 1. The molecule has 148 valence electrons. The SMILES string of the molecule is CN1CCC(C(=O)N2CCC3(CCc4c3nc(C(C)(C)C)[nH]c4=O)CC2)C1. The van der Waals surface area contributed by atoms with Gasteiger partial charge in [-0.3, -0.25) is 9.59 Å². The van der Waals surface area contributed by atoms with Gasteiger partial charge < -0.3 is 14.8 Å². The first kappa shape index (κ1) is 18.7. The normalized spacial score (nSPS) is 25.2. The zero-order valence-corrected chi connectivity index (χ0v) is 17.1. The Labute approximate surface area is 161 Å². The number of rotatable bonds is 1. The van der Waals surface area contributed by atoms with Crippen LogP contribution >= 0.6 is 0 Å². The highest BCUT2D eigenvalue weighted by atomic mass is 16.2. The van der Waals surface area contributed by atoms with E-state index in [1.165, 1.54) is 0 Å². The van der Waals surface area contributed by atoms with Crippen LogP contribution in [0.25, 0.3) is 0 Å². The van der Waals surface area contributed by atoms with Crippen LogP contribution in [0.4, 0.5) is 0 Å². The fourth-order valence-corrected chi connectivity index (χ4v) is 5.04. The Bertz CT molecular complexity index is 799. The number of likely N-dealkylation sites (tertiary alicyclic amines) is 2. The van der Waals surface area contributed by atoms with Crippen LogP contribution in [0.1, 0.15) is 63.5 Å². The molecule has 3 aliphatic rings. The number of nitrogens with one attached hydrogen (secondary N) is 1. The number of hydrogen-bond donors (Lipinski definition) is 1. The first-order chi connectivity index (χ1) is 12.7. The largest absolute Gasteiger partial charge is 0.342 e. The first-order valence-corrected chi connectivity index (χ1v) is 10.3. The van der Waals surface area contributed by atoms with Crippen molar-refractivity contribution in [3.63, 3.8) is 0 Å². The highest BCUT2D eigenvalue weighted by molar-refractivity contribution is 5.79. The molecule has 3 heterocycles. The van der Waals surface area contributed by atoms with Gasteiger partial charge in [-0.2, -0.15) is 0 Å². The maximum Gasteiger partial charge on any atom is 0.254 e. The third kappa shape index (κ3) is 3.22. The van der Waals surface area contributed by atoms with Crippen molar-refractivity contribution >= 4 is 5.91 Å². The Kier molecular flexibility index (Phi) is 4.45. The van der Waals surface area contributed by atoms with Crippen molar-refractivity contribution in [2.45, 2.75) is 63.7 Å². The van der Waals surface area contributed by atoms with Crippen molar-refractivity contribution in [1.82, 2.24) is 19.8 Å². The molecule has 6 nitrogen and oxygen atoms in total. The van der Waals surface area contributed by atoms with Gasteiger partial charge in [-0.1, -0.05) is 20.8 Å². The van der Waals surface area contributed by atoms with E-state index in [-0.39, 0.29) is 22.3 Å². The van der Waals surface area contributed by atoms with Crippen LogP contribution in [0.15, 0.2) is 4.79 Å². The van der Waals surface area contributed by atoms with Gasteiger partial charge in [-0.15, -0.1) is 0 Å². The van der Waals surface area contributed by atoms with E-state index in [4.69, 9.17) is 4.98 Å². The van der Waals surface area contributed by atoms with E-state index in [2.05, 4.69) is 42.6 Å². The topological polar surface area (TPSA) is 69.3 Å². The van der Waals surface area contributed by atoms with Crippen LogP contribution in [0.2, 0.25) is 0 Å². The second-order valence-corrected chi connectivity index (χ2v) is 9.85. The number of piperidine rings is 1. The van der Waals surface area contributed by atoms with Crippen molar-refractivity contribution in [1.29, 1.82) is 0 Å². The van der Waals surface area contributed by atoms with Crippen molar-refractivity contribution in [3.8, 4) is 0 Å². The average Bonchev–Trinajstić information content (AvgIpc) is 3.19. The second-order valence-electron chi connectivity index (χ2n) is 9.85. The molecule has 0 saturated carbocycles. The minimum Gasteiger partial charge on any atom is -0.342 e. The molecule has 1 unspecified atom stereocenters. The summed E-state index contributed by atoms with van der Waals surface area (Å²) >= 11 is 0. The molecule has 2 aliphatic heterocycles. The van der Waals surface area contributed by atoms with Crippen LogP contribution in [-0.4, -0.2) is 58.9 Å². The molecule has 1 atom stereocenters. The van der Waals surface area contributed by atoms with Crippen molar-refractivity contribution in [2.24, 2.45) is 5.92 Å². The maximum absolute atomic E-state index is 12.9. The molecule has 0 radical (unpaired) electrons. The molecule has 0 bridgehead atoms. The van der Waals surface area contributed by atoms with Gasteiger partial charge in [-0.25, -0.2) is 4.98 Å². The van der Waals surface area contributed by atoms with Gasteiger partial charge in [-0.05, 0) is 45.7 Å². The van der Waals surface area contributed by atoms with Gasteiger partial charge in [0, 0.05) is 36.0 Å². The zero-order chi connectivity index (χ0) is 19.4. The number of nitrogens with zero attached hydrogens (tertiary/aromatic N) is 3. The summed E-state index contributed by atoms with van der Waals surface area (Å²) in [7, 11) is 2.09. The quantitative estimate of drug-likeness (QED) is 0.816. The molecule has 0 aromatic carbocycles. The molecule has 2 fully saturated rings. The molecule has 2 saturated heterocycles. The molecule has 1 aromatic rings. The van der Waals surface area contributed by atoms with E-state index < -0.39 is 0 Å².